The summed E-state index contributed by atoms with van der Waals surface area (Å²) in [6.07, 6.45) is 7.23. The molecule has 0 aromatic rings. The third kappa shape index (κ3) is 4.93. The average Bonchev–Trinajstić information content (AvgIpc) is 3.03. The van der Waals surface area contributed by atoms with E-state index in [0.717, 1.165) is 37.2 Å². The van der Waals surface area contributed by atoms with Crippen LogP contribution in [0.1, 0.15) is 65.7 Å². The van der Waals surface area contributed by atoms with Gasteiger partial charge in [0.05, 0.1) is 0 Å². The average molecular weight is 423 g/mol. The molecule has 164 valence electrons. The van der Waals surface area contributed by atoms with Crippen molar-refractivity contribution in [1.82, 2.24) is 15.1 Å². The van der Waals surface area contributed by atoms with Crippen molar-refractivity contribution in [2.45, 2.75) is 77.8 Å². The molecule has 3 N–H and O–H groups in total. The summed E-state index contributed by atoms with van der Waals surface area (Å²) in [6.45, 7) is 9.21. The number of urea groups is 1. The topological polar surface area (TPSA) is 78.7 Å². The molecular formula is C22H38N4O2S. The zero-order chi connectivity index (χ0) is 21.2. The number of nitrogens with two attached hydrogens (primary N) is 1. The molecule has 1 unspecified atom stereocenters. The van der Waals surface area contributed by atoms with E-state index in [0.29, 0.717) is 25.4 Å². The van der Waals surface area contributed by atoms with E-state index in [1.807, 2.05) is 4.90 Å². The lowest BCUT2D eigenvalue weighted by atomic mass is 9.68. The van der Waals surface area contributed by atoms with E-state index in [9.17, 15) is 9.59 Å². The third-order valence-electron chi connectivity index (χ3n) is 7.24. The first kappa shape index (κ1) is 22.5. The molecule has 3 atom stereocenters. The highest BCUT2D eigenvalue weighted by Crippen LogP contribution is 2.46. The van der Waals surface area contributed by atoms with Crippen molar-refractivity contribution in [3.8, 4) is 0 Å². The fraction of sp³-hybridized carbons (Fsp3) is 0.864. The first-order chi connectivity index (χ1) is 13.8. The predicted molar refractivity (Wildman–Crippen MR) is 120 cm³/mol. The molecule has 0 aromatic carbocycles. The highest BCUT2D eigenvalue weighted by Gasteiger charge is 2.50. The Morgan fingerprint density at radius 1 is 1.31 bits per heavy atom. The van der Waals surface area contributed by atoms with Crippen molar-refractivity contribution in [1.29, 1.82) is 0 Å². The number of nitrogens with zero attached hydrogens (tertiary/aromatic N) is 2. The van der Waals surface area contributed by atoms with Crippen LogP contribution in [-0.2, 0) is 4.79 Å². The lowest BCUT2D eigenvalue weighted by Crippen LogP contribution is -2.58. The second-order valence-corrected chi connectivity index (χ2v) is 10.5. The second-order valence-electron chi connectivity index (χ2n) is 9.92. The largest absolute Gasteiger partial charge is 0.336 e. The Hall–Kier alpha value is -1.21. The van der Waals surface area contributed by atoms with Gasteiger partial charge in [0.1, 0.15) is 0 Å². The third-order valence-corrected chi connectivity index (χ3v) is 7.57. The quantitative estimate of drug-likeness (QED) is 0.590. The Balaban J connectivity index is 1.54. The maximum Gasteiger partial charge on any atom is 0.317 e. The van der Waals surface area contributed by atoms with Crippen molar-refractivity contribution in [3.63, 3.8) is 0 Å². The van der Waals surface area contributed by atoms with Crippen LogP contribution in [0.4, 0.5) is 4.79 Å². The second kappa shape index (κ2) is 9.29. The van der Waals surface area contributed by atoms with Crippen LogP contribution in [0, 0.1) is 17.3 Å². The zero-order valence-electron chi connectivity index (χ0n) is 18.3. The molecule has 3 rings (SSSR count). The number of amides is 3. The molecule has 3 heterocycles. The number of rotatable bonds is 8. The molecular weight excluding hydrogens is 384 g/mol. The van der Waals surface area contributed by atoms with Crippen molar-refractivity contribution in [2.24, 2.45) is 23.0 Å². The van der Waals surface area contributed by atoms with Gasteiger partial charge in [-0.2, -0.15) is 0 Å². The van der Waals surface area contributed by atoms with E-state index in [2.05, 4.69) is 31.0 Å². The van der Waals surface area contributed by atoms with Crippen LogP contribution < -0.4 is 11.1 Å². The zero-order valence-corrected chi connectivity index (χ0v) is 19.1. The van der Waals surface area contributed by atoms with Crippen LogP contribution in [0.5, 0.6) is 0 Å². The van der Waals surface area contributed by atoms with Gasteiger partial charge in [-0.05, 0) is 43.4 Å². The molecule has 3 amide bonds. The monoisotopic (exact) mass is 422 g/mol. The summed E-state index contributed by atoms with van der Waals surface area (Å²) in [5.74, 6) is 0.748. The fourth-order valence-electron chi connectivity index (χ4n) is 5.39. The molecule has 6 nitrogen and oxygen atoms in total. The lowest BCUT2D eigenvalue weighted by molar-refractivity contribution is -0.149. The van der Waals surface area contributed by atoms with Gasteiger partial charge < -0.3 is 20.9 Å². The van der Waals surface area contributed by atoms with Gasteiger partial charge in [0.15, 0.2) is 0 Å². The summed E-state index contributed by atoms with van der Waals surface area (Å²) >= 11 is 5.35. The lowest BCUT2D eigenvalue weighted by Gasteiger charge is -2.47. The number of thiocarbonyl (C=S) groups is 1. The molecule has 0 radical (unpaired) electrons. The Morgan fingerprint density at radius 3 is 2.69 bits per heavy atom. The Morgan fingerprint density at radius 2 is 2.03 bits per heavy atom. The molecule has 29 heavy (non-hydrogen) atoms. The van der Waals surface area contributed by atoms with Crippen molar-refractivity contribution < 1.29 is 9.59 Å². The minimum atomic E-state index is -0.110. The summed E-state index contributed by atoms with van der Waals surface area (Å²) in [5.41, 5.74) is 5.63. The van der Waals surface area contributed by atoms with Gasteiger partial charge in [0, 0.05) is 49.0 Å². The number of hydrogen-bond acceptors (Lipinski definition) is 4. The van der Waals surface area contributed by atoms with Crippen LogP contribution in [0.3, 0.4) is 0 Å². The number of piperidine rings is 1. The van der Waals surface area contributed by atoms with Crippen molar-refractivity contribution in [2.75, 3.05) is 26.2 Å². The number of unbranched alkanes of at least 4 members (excludes halogenated alkanes) is 1. The predicted octanol–water partition coefficient (Wildman–Crippen LogP) is 2.94. The van der Waals surface area contributed by atoms with Gasteiger partial charge in [-0.25, -0.2) is 4.79 Å². The van der Waals surface area contributed by atoms with Gasteiger partial charge in [0.2, 0.25) is 5.91 Å². The van der Waals surface area contributed by atoms with Gasteiger partial charge in [-0.3, -0.25) is 4.79 Å². The molecule has 3 aliphatic rings. The van der Waals surface area contributed by atoms with Crippen LogP contribution in [0.25, 0.3) is 0 Å². The smallest absolute Gasteiger partial charge is 0.317 e. The van der Waals surface area contributed by atoms with Crippen molar-refractivity contribution >= 4 is 29.0 Å². The number of fused-ring (bicyclic) bond motifs is 1. The van der Waals surface area contributed by atoms with Crippen LogP contribution in [-0.4, -0.2) is 64.9 Å². The molecule has 3 aliphatic heterocycles. The molecule has 0 aliphatic carbocycles. The number of hydrogen-bond donors (Lipinski definition) is 2. The molecule has 3 fully saturated rings. The molecule has 0 bridgehead atoms. The molecule has 3 saturated heterocycles. The first-order valence-electron chi connectivity index (χ1n) is 11.3. The normalized spacial score (nSPS) is 28.8. The van der Waals surface area contributed by atoms with Gasteiger partial charge >= 0.3 is 6.03 Å². The summed E-state index contributed by atoms with van der Waals surface area (Å²) < 4.78 is 0. The standard InChI is InChI=1S/C22H38N4O2S/c1-4-5-6-15-13-25(14-15)21(28)24-12-17-8-7-16-10-22(2,3)19(9-18(29)11-23)20(27)26(16)17/h15-17,19H,4-14,23H2,1-3H3,(H,24,28)/t16?,17-,19-/m1/s1. The van der Waals surface area contributed by atoms with E-state index in [4.69, 9.17) is 18.0 Å². The maximum absolute atomic E-state index is 13.4. The first-order valence-corrected chi connectivity index (χ1v) is 11.7. The number of carbonyl (C=O) groups is 2. The Kier molecular flexibility index (Phi) is 7.20. The van der Waals surface area contributed by atoms with Crippen molar-refractivity contribution in [3.05, 3.63) is 0 Å². The molecule has 0 spiro atoms. The van der Waals surface area contributed by atoms with Crippen LogP contribution in [0.2, 0.25) is 0 Å². The van der Waals surface area contributed by atoms with E-state index in [1.54, 1.807) is 0 Å². The highest BCUT2D eigenvalue weighted by atomic mass is 32.1. The van der Waals surface area contributed by atoms with E-state index in [1.165, 1.54) is 19.3 Å². The summed E-state index contributed by atoms with van der Waals surface area (Å²) in [5, 5.41) is 3.09. The van der Waals surface area contributed by atoms with E-state index < -0.39 is 0 Å². The van der Waals surface area contributed by atoms with Crippen LogP contribution >= 0.6 is 12.2 Å². The van der Waals surface area contributed by atoms with E-state index >= 15 is 0 Å². The van der Waals surface area contributed by atoms with Crippen LogP contribution in [0.15, 0.2) is 0 Å². The highest BCUT2D eigenvalue weighted by molar-refractivity contribution is 7.80. The maximum atomic E-state index is 13.4. The molecule has 7 heteroatoms. The Labute approximate surface area is 180 Å². The number of nitrogens with one attached hydrogen (secondary N) is 1. The molecule has 0 aromatic heterocycles. The summed E-state index contributed by atoms with van der Waals surface area (Å²) in [7, 11) is 0. The van der Waals surface area contributed by atoms with Gasteiger partial charge in [0.25, 0.3) is 0 Å². The number of carbonyl (C=O) groups excluding carboxylic acids is 2. The minimum Gasteiger partial charge on any atom is -0.336 e. The van der Waals surface area contributed by atoms with E-state index in [-0.39, 0.29) is 35.4 Å². The SMILES string of the molecule is CCCCC1CN(C(=O)NC[C@H]2CCC3CC(C)(C)[C@H](CC(=S)CN)C(=O)N32)C1. The van der Waals surface area contributed by atoms with Gasteiger partial charge in [-0.15, -0.1) is 0 Å². The minimum absolute atomic E-state index is 0.0202. The summed E-state index contributed by atoms with van der Waals surface area (Å²) in [6, 6.07) is 0.398. The fourth-order valence-corrected chi connectivity index (χ4v) is 5.55. The van der Waals surface area contributed by atoms with Gasteiger partial charge in [-0.1, -0.05) is 45.8 Å². The molecule has 0 saturated carbocycles. The Bertz CT molecular complexity index is 632. The number of likely N-dealkylation sites (tertiary alicyclic amines) is 1. The summed E-state index contributed by atoms with van der Waals surface area (Å²) in [4.78, 5) is 30.6.